The van der Waals surface area contributed by atoms with Crippen molar-refractivity contribution in [3.63, 3.8) is 0 Å². The summed E-state index contributed by atoms with van der Waals surface area (Å²) in [5, 5.41) is 8.06. The van der Waals surface area contributed by atoms with E-state index in [1.807, 2.05) is 0 Å². The van der Waals surface area contributed by atoms with Crippen molar-refractivity contribution in [1.82, 2.24) is 15.0 Å². The van der Waals surface area contributed by atoms with Crippen LogP contribution in [0.5, 0.6) is 17.2 Å². The highest BCUT2D eigenvalue weighted by Crippen LogP contribution is 2.35. The number of hydrogen-bond acceptors (Lipinski definition) is 7. The van der Waals surface area contributed by atoms with Crippen LogP contribution in [0.2, 0.25) is 5.02 Å². The largest absolute Gasteiger partial charge is 0.497 e. The highest BCUT2D eigenvalue weighted by atomic mass is 35.5. The fourth-order valence-electron chi connectivity index (χ4n) is 2.67. The van der Waals surface area contributed by atoms with Crippen molar-refractivity contribution in [1.29, 1.82) is 0 Å². The van der Waals surface area contributed by atoms with Crippen LogP contribution in [0.25, 0.3) is 5.69 Å². The lowest BCUT2D eigenvalue weighted by Crippen LogP contribution is -2.06. The Hall–Kier alpha value is -2.78. The van der Waals surface area contributed by atoms with E-state index in [0.717, 1.165) is 0 Å². The maximum atomic E-state index is 13.0. The molecule has 8 nitrogen and oxygen atoms in total. The molecule has 0 aliphatic heterocycles. The zero-order valence-electron chi connectivity index (χ0n) is 15.6. The first kappa shape index (κ1) is 20.0. The molecule has 0 N–H and O–H groups in total. The normalized spacial score (nSPS) is 11.3. The molecule has 1 heterocycles. The fourth-order valence-corrected chi connectivity index (χ4v) is 4.24. The van der Waals surface area contributed by atoms with Gasteiger partial charge in [0.1, 0.15) is 22.9 Å². The van der Waals surface area contributed by atoms with Crippen LogP contribution >= 0.6 is 11.6 Å². The minimum atomic E-state index is -3.87. The topological polar surface area (TPSA) is 92.5 Å². The van der Waals surface area contributed by atoms with E-state index in [2.05, 4.69) is 10.3 Å². The molecule has 1 aromatic heterocycles. The van der Waals surface area contributed by atoms with Gasteiger partial charge in [0.15, 0.2) is 0 Å². The molecule has 0 fully saturated rings. The Labute approximate surface area is 167 Å². The van der Waals surface area contributed by atoms with Gasteiger partial charge >= 0.3 is 0 Å². The molecular weight excluding hydrogens is 406 g/mol. The highest BCUT2D eigenvalue weighted by molar-refractivity contribution is 7.91. The molecule has 2 aromatic carbocycles. The lowest BCUT2D eigenvalue weighted by molar-refractivity contribution is 0.392. The van der Waals surface area contributed by atoms with Crippen molar-refractivity contribution in [2.45, 2.75) is 16.8 Å². The van der Waals surface area contributed by atoms with Crippen LogP contribution in [-0.2, 0) is 9.84 Å². The molecule has 0 saturated carbocycles. The molecule has 10 heteroatoms. The molecule has 0 aliphatic carbocycles. The molecule has 0 saturated heterocycles. The summed E-state index contributed by atoms with van der Waals surface area (Å²) in [6.45, 7) is 1.61. The molecule has 0 atom stereocenters. The van der Waals surface area contributed by atoms with Gasteiger partial charge in [0.2, 0.25) is 14.9 Å². The van der Waals surface area contributed by atoms with Gasteiger partial charge < -0.3 is 14.2 Å². The number of methoxy groups -OCH3 is 3. The van der Waals surface area contributed by atoms with E-state index < -0.39 is 9.84 Å². The summed E-state index contributed by atoms with van der Waals surface area (Å²) in [4.78, 5) is 0.0863. The molecule has 148 valence electrons. The molecule has 0 radical (unpaired) electrons. The minimum absolute atomic E-state index is 0.0863. The van der Waals surface area contributed by atoms with Gasteiger partial charge in [0.25, 0.3) is 0 Å². The van der Waals surface area contributed by atoms with Crippen LogP contribution in [0.1, 0.15) is 5.69 Å². The molecule has 0 spiro atoms. The number of nitrogens with zero attached hydrogens (tertiary/aromatic N) is 3. The summed E-state index contributed by atoms with van der Waals surface area (Å²) in [5.74, 6) is 1.38. The number of hydrogen-bond donors (Lipinski definition) is 0. The van der Waals surface area contributed by atoms with Crippen molar-refractivity contribution in [3.8, 4) is 22.9 Å². The van der Waals surface area contributed by atoms with Gasteiger partial charge in [0.05, 0.1) is 36.9 Å². The Kier molecular flexibility index (Phi) is 5.48. The SMILES string of the molecule is COc1ccc(S(=O)(=O)c2nnn(-c3cc(Cl)c(OC)cc3OC)c2C)cc1. The van der Waals surface area contributed by atoms with Crippen LogP contribution in [0.15, 0.2) is 46.3 Å². The summed E-state index contributed by atoms with van der Waals surface area (Å²) in [6.07, 6.45) is 0. The Bertz CT molecular complexity index is 1110. The molecule has 0 aliphatic rings. The third-order valence-electron chi connectivity index (χ3n) is 4.16. The van der Waals surface area contributed by atoms with Gasteiger partial charge in [-0.1, -0.05) is 16.8 Å². The van der Waals surface area contributed by atoms with Crippen LogP contribution < -0.4 is 14.2 Å². The number of aromatic nitrogens is 3. The summed E-state index contributed by atoms with van der Waals surface area (Å²) >= 11 is 6.21. The van der Waals surface area contributed by atoms with Crippen LogP contribution in [0.4, 0.5) is 0 Å². The monoisotopic (exact) mass is 423 g/mol. The Balaban J connectivity index is 2.11. The minimum Gasteiger partial charge on any atom is -0.497 e. The van der Waals surface area contributed by atoms with Crippen LogP contribution in [-0.4, -0.2) is 44.7 Å². The van der Waals surface area contributed by atoms with Gasteiger partial charge in [-0.05, 0) is 37.3 Å². The quantitative estimate of drug-likeness (QED) is 0.601. The smallest absolute Gasteiger partial charge is 0.227 e. The Morgan fingerprint density at radius 2 is 1.61 bits per heavy atom. The van der Waals surface area contributed by atoms with Crippen molar-refractivity contribution in [3.05, 3.63) is 47.1 Å². The second-order valence-corrected chi connectivity index (χ2v) is 8.00. The van der Waals surface area contributed by atoms with E-state index in [9.17, 15) is 8.42 Å². The first-order chi connectivity index (χ1) is 13.3. The zero-order chi connectivity index (χ0) is 20.5. The summed E-state index contributed by atoms with van der Waals surface area (Å²) in [5.41, 5.74) is 0.754. The van der Waals surface area contributed by atoms with E-state index in [4.69, 9.17) is 25.8 Å². The molecule has 0 amide bonds. The standard InChI is InChI=1S/C18H18ClN3O5S/c1-11-18(28(23,24)13-7-5-12(25-2)6-8-13)20-21-22(11)15-9-14(19)16(26-3)10-17(15)27-4/h5-10H,1-4H3. The second-order valence-electron chi connectivity index (χ2n) is 5.73. The average molecular weight is 424 g/mol. The second kappa shape index (κ2) is 7.69. The molecule has 3 rings (SSSR count). The van der Waals surface area contributed by atoms with Crippen molar-refractivity contribution < 1.29 is 22.6 Å². The summed E-state index contributed by atoms with van der Waals surface area (Å²) in [6, 6.07) is 9.22. The predicted molar refractivity (Wildman–Crippen MR) is 103 cm³/mol. The number of benzene rings is 2. The lowest BCUT2D eigenvalue weighted by atomic mass is 10.2. The van der Waals surface area contributed by atoms with Gasteiger partial charge in [-0.3, -0.25) is 0 Å². The summed E-state index contributed by atoms with van der Waals surface area (Å²) in [7, 11) is 0.600. The number of sulfone groups is 1. The maximum Gasteiger partial charge on any atom is 0.227 e. The van der Waals surface area contributed by atoms with E-state index in [-0.39, 0.29) is 9.92 Å². The van der Waals surface area contributed by atoms with E-state index in [1.165, 1.54) is 38.1 Å². The number of ether oxygens (including phenoxy) is 3. The van der Waals surface area contributed by atoms with Crippen molar-refractivity contribution in [2.75, 3.05) is 21.3 Å². The molecule has 3 aromatic rings. The average Bonchev–Trinajstić information content (AvgIpc) is 3.09. The number of rotatable bonds is 6. The van der Waals surface area contributed by atoms with Crippen LogP contribution in [0.3, 0.4) is 0 Å². The molecule has 28 heavy (non-hydrogen) atoms. The third-order valence-corrected chi connectivity index (χ3v) is 6.23. The van der Waals surface area contributed by atoms with Crippen LogP contribution in [0, 0.1) is 6.92 Å². The van der Waals surface area contributed by atoms with Crippen molar-refractivity contribution in [2.24, 2.45) is 0 Å². The number of halogens is 1. The highest BCUT2D eigenvalue weighted by Gasteiger charge is 2.27. The van der Waals surface area contributed by atoms with Gasteiger partial charge in [-0.15, -0.1) is 5.10 Å². The third kappa shape index (κ3) is 3.38. The Morgan fingerprint density at radius 1 is 0.964 bits per heavy atom. The Morgan fingerprint density at radius 3 is 2.18 bits per heavy atom. The van der Waals surface area contributed by atoms with E-state index >= 15 is 0 Å². The van der Waals surface area contributed by atoms with E-state index in [1.54, 1.807) is 31.2 Å². The maximum absolute atomic E-state index is 13.0. The predicted octanol–water partition coefficient (Wildman–Crippen LogP) is 3.09. The molecular formula is C18H18ClN3O5S. The fraction of sp³-hybridized carbons (Fsp3) is 0.222. The van der Waals surface area contributed by atoms with Gasteiger partial charge in [-0.2, -0.15) is 0 Å². The van der Waals surface area contributed by atoms with E-state index in [0.29, 0.717) is 33.7 Å². The van der Waals surface area contributed by atoms with Gasteiger partial charge in [0, 0.05) is 6.07 Å². The van der Waals surface area contributed by atoms with Crippen molar-refractivity contribution >= 4 is 21.4 Å². The first-order valence-corrected chi connectivity index (χ1v) is 9.93. The molecule has 0 bridgehead atoms. The summed E-state index contributed by atoms with van der Waals surface area (Å²) < 4.78 is 42.9. The lowest BCUT2D eigenvalue weighted by Gasteiger charge is -2.12. The molecule has 0 unspecified atom stereocenters. The zero-order valence-corrected chi connectivity index (χ0v) is 17.2. The first-order valence-electron chi connectivity index (χ1n) is 8.06. The van der Waals surface area contributed by atoms with Gasteiger partial charge in [-0.25, -0.2) is 13.1 Å².